The van der Waals surface area contributed by atoms with Gasteiger partial charge in [-0.15, -0.1) is 0 Å². The average Bonchev–Trinajstić information content (AvgIpc) is 2.29. The van der Waals surface area contributed by atoms with E-state index < -0.39 is 0 Å². The van der Waals surface area contributed by atoms with Crippen molar-refractivity contribution in [1.82, 2.24) is 5.32 Å². The van der Waals surface area contributed by atoms with E-state index in [-0.39, 0.29) is 5.54 Å². The first-order valence-corrected chi connectivity index (χ1v) is 8.20. The molecule has 1 N–H and O–H groups in total. The van der Waals surface area contributed by atoms with Crippen LogP contribution in [0.1, 0.15) is 92.4 Å². The van der Waals surface area contributed by atoms with Crippen molar-refractivity contribution in [2.45, 2.75) is 97.9 Å². The molecule has 0 aliphatic carbocycles. The van der Waals surface area contributed by atoms with Crippen LogP contribution in [0, 0.1) is 5.92 Å². The summed E-state index contributed by atoms with van der Waals surface area (Å²) in [6.07, 6.45) is 12.8. The summed E-state index contributed by atoms with van der Waals surface area (Å²) in [5, 5.41) is 3.60. The second-order valence-electron chi connectivity index (χ2n) is 7.00. The quantitative estimate of drug-likeness (QED) is 0.478. The molecule has 1 heteroatoms. The molecule has 1 unspecified atom stereocenters. The van der Waals surface area contributed by atoms with E-state index >= 15 is 0 Å². The van der Waals surface area contributed by atoms with Crippen LogP contribution in [-0.2, 0) is 0 Å². The highest BCUT2D eigenvalue weighted by molar-refractivity contribution is 4.71. The summed E-state index contributed by atoms with van der Waals surface area (Å²) in [5.41, 5.74) is 0.271. The third-order valence-corrected chi connectivity index (χ3v) is 3.53. The van der Waals surface area contributed by atoms with Crippen LogP contribution >= 0.6 is 0 Å². The number of unbranched alkanes of at least 4 members (excludes halogenated alkanes) is 7. The molecule has 0 saturated carbocycles. The molecule has 0 aliphatic heterocycles. The molecule has 0 saturated heterocycles. The Bertz CT molecular complexity index is 169. The fraction of sp³-hybridized carbons (Fsp3) is 1.00. The number of hydrogen-bond donors (Lipinski definition) is 1. The van der Waals surface area contributed by atoms with Gasteiger partial charge >= 0.3 is 0 Å². The maximum Gasteiger partial charge on any atom is 0.00966 e. The summed E-state index contributed by atoms with van der Waals surface area (Å²) in [4.78, 5) is 0. The molecule has 1 atom stereocenters. The summed E-state index contributed by atoms with van der Waals surface area (Å²) in [6.45, 7) is 12.6. The van der Waals surface area contributed by atoms with Gasteiger partial charge in [0.05, 0.1) is 0 Å². The topological polar surface area (TPSA) is 12.0 Å². The first kappa shape index (κ1) is 18.0. The van der Waals surface area contributed by atoms with Crippen molar-refractivity contribution in [3.8, 4) is 0 Å². The zero-order chi connectivity index (χ0) is 13.9. The molecular formula is C17H37N. The van der Waals surface area contributed by atoms with Crippen LogP contribution in [0.4, 0.5) is 0 Å². The minimum Gasteiger partial charge on any atom is -0.312 e. The molecule has 0 heterocycles. The van der Waals surface area contributed by atoms with Gasteiger partial charge in [0.15, 0.2) is 0 Å². The van der Waals surface area contributed by atoms with Crippen molar-refractivity contribution in [2.75, 3.05) is 6.54 Å². The van der Waals surface area contributed by atoms with Crippen LogP contribution in [0.3, 0.4) is 0 Å². The van der Waals surface area contributed by atoms with E-state index in [4.69, 9.17) is 0 Å². The van der Waals surface area contributed by atoms with Gasteiger partial charge in [-0.1, -0.05) is 65.2 Å². The van der Waals surface area contributed by atoms with Gasteiger partial charge in [-0.25, -0.2) is 0 Å². The third kappa shape index (κ3) is 14.0. The number of rotatable bonds is 11. The van der Waals surface area contributed by atoms with Gasteiger partial charge < -0.3 is 5.32 Å². The van der Waals surface area contributed by atoms with E-state index in [0.717, 1.165) is 5.92 Å². The fourth-order valence-electron chi connectivity index (χ4n) is 2.21. The van der Waals surface area contributed by atoms with E-state index in [1.165, 1.54) is 64.3 Å². The minimum atomic E-state index is 0.271. The molecule has 0 radical (unpaired) electrons. The molecule has 0 aliphatic rings. The van der Waals surface area contributed by atoms with Gasteiger partial charge in [-0.05, 0) is 39.7 Å². The van der Waals surface area contributed by atoms with Crippen molar-refractivity contribution in [2.24, 2.45) is 5.92 Å². The highest BCUT2D eigenvalue weighted by Gasteiger charge is 2.10. The Morgan fingerprint density at radius 3 is 1.83 bits per heavy atom. The van der Waals surface area contributed by atoms with Gasteiger partial charge in [0, 0.05) is 5.54 Å². The molecule has 1 nitrogen and oxygen atoms in total. The number of hydrogen-bond acceptors (Lipinski definition) is 1. The van der Waals surface area contributed by atoms with E-state index in [1.807, 2.05) is 0 Å². The Kier molecular flexibility index (Phi) is 10.8. The average molecular weight is 255 g/mol. The molecule has 0 bridgehead atoms. The molecule has 0 aromatic heterocycles. The van der Waals surface area contributed by atoms with Crippen LogP contribution in [-0.4, -0.2) is 12.1 Å². The minimum absolute atomic E-state index is 0.271. The Hall–Kier alpha value is -0.0400. The standard InChI is InChI=1S/C17H37N/c1-6-7-8-9-10-11-12-13-14-16(2)15-18-17(3,4)5/h16,18H,6-15H2,1-5H3. The van der Waals surface area contributed by atoms with E-state index in [1.54, 1.807) is 0 Å². The lowest BCUT2D eigenvalue weighted by Crippen LogP contribution is -2.38. The fourth-order valence-corrected chi connectivity index (χ4v) is 2.21. The highest BCUT2D eigenvalue weighted by Crippen LogP contribution is 2.13. The van der Waals surface area contributed by atoms with Crippen molar-refractivity contribution in [1.29, 1.82) is 0 Å². The molecule has 0 fully saturated rings. The molecule has 0 rings (SSSR count). The van der Waals surface area contributed by atoms with E-state index in [0.29, 0.717) is 0 Å². The predicted octanol–water partition coefficient (Wildman–Crippen LogP) is 5.54. The maximum absolute atomic E-state index is 3.60. The molecule has 0 aromatic rings. The summed E-state index contributed by atoms with van der Waals surface area (Å²) in [6, 6.07) is 0. The second kappa shape index (κ2) is 10.8. The Balaban J connectivity index is 3.23. The van der Waals surface area contributed by atoms with E-state index in [2.05, 4.69) is 39.9 Å². The molecular weight excluding hydrogens is 218 g/mol. The lowest BCUT2D eigenvalue weighted by atomic mass is 10.00. The Labute approximate surface area is 116 Å². The van der Waals surface area contributed by atoms with Gasteiger partial charge in [0.2, 0.25) is 0 Å². The highest BCUT2D eigenvalue weighted by atomic mass is 14.9. The van der Waals surface area contributed by atoms with Crippen molar-refractivity contribution in [3.63, 3.8) is 0 Å². The second-order valence-corrected chi connectivity index (χ2v) is 7.00. The SMILES string of the molecule is CCCCCCCCCCC(C)CNC(C)(C)C. The van der Waals surface area contributed by atoms with Gasteiger partial charge in [-0.3, -0.25) is 0 Å². The van der Waals surface area contributed by atoms with E-state index in [9.17, 15) is 0 Å². The summed E-state index contributed by atoms with van der Waals surface area (Å²) in [7, 11) is 0. The van der Waals surface area contributed by atoms with Crippen molar-refractivity contribution >= 4 is 0 Å². The Morgan fingerprint density at radius 1 is 0.833 bits per heavy atom. The zero-order valence-corrected chi connectivity index (χ0v) is 13.6. The molecule has 0 amide bonds. The lowest BCUT2D eigenvalue weighted by molar-refractivity contribution is 0.365. The van der Waals surface area contributed by atoms with Crippen LogP contribution < -0.4 is 5.32 Å². The molecule has 0 spiro atoms. The van der Waals surface area contributed by atoms with Crippen LogP contribution in [0.2, 0.25) is 0 Å². The van der Waals surface area contributed by atoms with Crippen LogP contribution in [0.5, 0.6) is 0 Å². The monoisotopic (exact) mass is 255 g/mol. The first-order chi connectivity index (χ1) is 8.45. The first-order valence-electron chi connectivity index (χ1n) is 8.20. The zero-order valence-electron chi connectivity index (χ0n) is 13.6. The molecule has 110 valence electrons. The van der Waals surface area contributed by atoms with Crippen LogP contribution in [0.15, 0.2) is 0 Å². The van der Waals surface area contributed by atoms with Gasteiger partial charge in [0.25, 0.3) is 0 Å². The van der Waals surface area contributed by atoms with Crippen molar-refractivity contribution in [3.05, 3.63) is 0 Å². The van der Waals surface area contributed by atoms with Gasteiger partial charge in [0.1, 0.15) is 0 Å². The normalized spacial score (nSPS) is 13.8. The predicted molar refractivity (Wildman–Crippen MR) is 84.1 cm³/mol. The van der Waals surface area contributed by atoms with Crippen molar-refractivity contribution < 1.29 is 0 Å². The van der Waals surface area contributed by atoms with Crippen LogP contribution in [0.25, 0.3) is 0 Å². The smallest absolute Gasteiger partial charge is 0.00966 e. The molecule has 0 aromatic carbocycles. The Morgan fingerprint density at radius 2 is 1.33 bits per heavy atom. The maximum atomic E-state index is 3.60. The lowest BCUT2D eigenvalue weighted by Gasteiger charge is -2.23. The summed E-state index contributed by atoms with van der Waals surface area (Å²) in [5.74, 6) is 0.823. The third-order valence-electron chi connectivity index (χ3n) is 3.53. The summed E-state index contributed by atoms with van der Waals surface area (Å²) < 4.78 is 0. The summed E-state index contributed by atoms with van der Waals surface area (Å²) >= 11 is 0. The van der Waals surface area contributed by atoms with Gasteiger partial charge in [-0.2, -0.15) is 0 Å². The number of nitrogens with one attached hydrogen (secondary N) is 1. The molecule has 18 heavy (non-hydrogen) atoms. The largest absolute Gasteiger partial charge is 0.312 e.